The van der Waals surface area contributed by atoms with E-state index in [1.807, 2.05) is 44.7 Å². The molecular weight excluding hydrogens is 376 g/mol. The number of ether oxygens (including phenoxy) is 1. The summed E-state index contributed by atoms with van der Waals surface area (Å²) in [6.45, 7) is 7.98. The van der Waals surface area contributed by atoms with Crippen LogP contribution < -0.4 is 9.64 Å². The largest absolute Gasteiger partial charge is 0.497 e. The summed E-state index contributed by atoms with van der Waals surface area (Å²) in [5, 5.41) is 0. The van der Waals surface area contributed by atoms with Crippen molar-refractivity contribution in [1.82, 2.24) is 4.90 Å². The zero-order chi connectivity index (χ0) is 20.8. The third-order valence-corrected chi connectivity index (χ3v) is 4.62. The van der Waals surface area contributed by atoms with Crippen molar-refractivity contribution in [2.75, 3.05) is 17.9 Å². The van der Waals surface area contributed by atoms with Gasteiger partial charge >= 0.3 is 0 Å². The van der Waals surface area contributed by atoms with Gasteiger partial charge in [-0.2, -0.15) is 0 Å². The number of hydrogen-bond donors (Lipinski definition) is 0. The van der Waals surface area contributed by atoms with Crippen molar-refractivity contribution < 1.29 is 14.3 Å². The van der Waals surface area contributed by atoms with E-state index in [-0.39, 0.29) is 29.8 Å². The van der Waals surface area contributed by atoms with Gasteiger partial charge in [-0.05, 0) is 64.1 Å². The fourth-order valence-corrected chi connectivity index (χ4v) is 3.33. The Morgan fingerprint density at radius 1 is 0.964 bits per heavy atom. The molecule has 2 aromatic carbocycles. The van der Waals surface area contributed by atoms with Crippen molar-refractivity contribution in [3.63, 3.8) is 0 Å². The second kappa shape index (κ2) is 9.60. The van der Waals surface area contributed by atoms with Crippen LogP contribution in [-0.4, -0.2) is 41.8 Å². The maximum absolute atomic E-state index is 12.9. The number of benzene rings is 2. The standard InChI is InChI=1S/C22H27ClN2O3/c1-15(2)24(16(3)4)22(27)17-9-11-18(12-10-17)25(21(26)14-23)19-7-6-8-20(13-19)28-5/h6-13,15-16H,14H2,1-5H3. The molecule has 0 bridgehead atoms. The first-order valence-electron chi connectivity index (χ1n) is 9.25. The molecule has 150 valence electrons. The Labute approximate surface area is 171 Å². The van der Waals surface area contributed by atoms with Crippen LogP contribution in [0.1, 0.15) is 38.1 Å². The highest BCUT2D eigenvalue weighted by atomic mass is 35.5. The number of halogens is 1. The van der Waals surface area contributed by atoms with Crippen molar-refractivity contribution in [2.24, 2.45) is 0 Å². The van der Waals surface area contributed by atoms with Crippen LogP contribution in [0.2, 0.25) is 0 Å². The van der Waals surface area contributed by atoms with Crippen LogP contribution in [0.4, 0.5) is 11.4 Å². The molecule has 0 radical (unpaired) electrons. The van der Waals surface area contributed by atoms with Gasteiger partial charge in [0.15, 0.2) is 0 Å². The van der Waals surface area contributed by atoms with E-state index in [2.05, 4.69) is 0 Å². The molecule has 28 heavy (non-hydrogen) atoms. The van der Waals surface area contributed by atoms with E-state index in [1.54, 1.807) is 43.5 Å². The summed E-state index contributed by atoms with van der Waals surface area (Å²) >= 11 is 5.83. The maximum Gasteiger partial charge on any atom is 0.254 e. The maximum atomic E-state index is 12.9. The van der Waals surface area contributed by atoms with E-state index in [0.29, 0.717) is 22.7 Å². The molecule has 0 heterocycles. The number of alkyl halides is 1. The van der Waals surface area contributed by atoms with Crippen molar-refractivity contribution in [2.45, 2.75) is 39.8 Å². The Morgan fingerprint density at radius 2 is 1.57 bits per heavy atom. The van der Waals surface area contributed by atoms with Gasteiger partial charge in [-0.25, -0.2) is 0 Å². The van der Waals surface area contributed by atoms with Crippen molar-refractivity contribution >= 4 is 34.8 Å². The van der Waals surface area contributed by atoms with Crippen LogP contribution >= 0.6 is 11.6 Å². The van der Waals surface area contributed by atoms with Crippen LogP contribution in [-0.2, 0) is 4.79 Å². The molecule has 0 aliphatic heterocycles. The molecule has 0 N–H and O–H groups in total. The number of hydrogen-bond acceptors (Lipinski definition) is 3. The molecule has 0 saturated heterocycles. The van der Waals surface area contributed by atoms with Gasteiger partial charge < -0.3 is 9.64 Å². The second-order valence-corrected chi connectivity index (χ2v) is 7.28. The van der Waals surface area contributed by atoms with Gasteiger partial charge in [0, 0.05) is 29.4 Å². The minimum absolute atomic E-state index is 0.0341. The van der Waals surface area contributed by atoms with E-state index < -0.39 is 0 Å². The predicted octanol–water partition coefficient (Wildman–Crippen LogP) is 4.86. The Hall–Kier alpha value is -2.53. The number of anilines is 2. The van der Waals surface area contributed by atoms with Crippen molar-refractivity contribution in [3.8, 4) is 5.75 Å². The van der Waals surface area contributed by atoms with E-state index >= 15 is 0 Å². The summed E-state index contributed by atoms with van der Waals surface area (Å²) in [5.74, 6) is 0.182. The molecule has 0 aromatic heterocycles. The molecule has 0 atom stereocenters. The van der Waals surface area contributed by atoms with Gasteiger partial charge in [0.2, 0.25) is 5.91 Å². The first-order valence-corrected chi connectivity index (χ1v) is 9.79. The lowest BCUT2D eigenvalue weighted by Crippen LogP contribution is -2.42. The normalized spacial score (nSPS) is 10.9. The summed E-state index contributed by atoms with van der Waals surface area (Å²) in [6.07, 6.45) is 0. The molecule has 2 aromatic rings. The first kappa shape index (κ1) is 21.8. The van der Waals surface area contributed by atoms with Gasteiger partial charge in [0.25, 0.3) is 5.91 Å². The lowest BCUT2D eigenvalue weighted by molar-refractivity contribution is -0.115. The molecule has 0 fully saturated rings. The Bertz CT molecular complexity index is 811. The molecule has 2 amide bonds. The highest BCUT2D eigenvalue weighted by Gasteiger charge is 2.23. The average Bonchev–Trinajstić information content (AvgIpc) is 2.68. The fourth-order valence-electron chi connectivity index (χ4n) is 3.21. The number of nitrogens with zero attached hydrogens (tertiary/aromatic N) is 2. The topological polar surface area (TPSA) is 49.9 Å². The van der Waals surface area contributed by atoms with Crippen LogP contribution in [0.3, 0.4) is 0 Å². The molecule has 0 aliphatic rings. The molecular formula is C22H27ClN2O3. The minimum Gasteiger partial charge on any atom is -0.497 e. The zero-order valence-electron chi connectivity index (χ0n) is 17.0. The lowest BCUT2D eigenvalue weighted by atomic mass is 10.1. The fraction of sp³-hybridized carbons (Fsp3) is 0.364. The number of methoxy groups -OCH3 is 1. The summed E-state index contributed by atoms with van der Waals surface area (Å²) < 4.78 is 5.25. The number of carbonyl (C=O) groups excluding carboxylic acids is 2. The molecule has 0 unspecified atom stereocenters. The van der Waals surface area contributed by atoms with Crippen LogP contribution in [0.15, 0.2) is 48.5 Å². The number of amides is 2. The molecule has 6 heteroatoms. The SMILES string of the molecule is COc1cccc(N(C(=O)CCl)c2ccc(C(=O)N(C(C)C)C(C)C)cc2)c1. The van der Waals surface area contributed by atoms with Gasteiger partial charge in [0.05, 0.1) is 12.8 Å². The molecule has 0 spiro atoms. The Kier molecular flexibility index (Phi) is 7.46. The third-order valence-electron chi connectivity index (χ3n) is 4.39. The number of rotatable bonds is 7. The van der Waals surface area contributed by atoms with Crippen LogP contribution in [0, 0.1) is 0 Å². The first-order chi connectivity index (χ1) is 13.3. The van der Waals surface area contributed by atoms with Crippen LogP contribution in [0.5, 0.6) is 5.75 Å². The lowest BCUT2D eigenvalue weighted by Gasteiger charge is -2.31. The predicted molar refractivity (Wildman–Crippen MR) is 114 cm³/mol. The van der Waals surface area contributed by atoms with E-state index in [1.165, 1.54) is 4.90 Å². The summed E-state index contributed by atoms with van der Waals surface area (Å²) in [5.41, 5.74) is 1.86. The van der Waals surface area contributed by atoms with E-state index in [0.717, 1.165) is 0 Å². The summed E-state index contributed by atoms with van der Waals surface area (Å²) in [7, 11) is 1.57. The number of carbonyl (C=O) groups is 2. The Balaban J connectivity index is 2.39. The quantitative estimate of drug-likeness (QED) is 0.621. The second-order valence-electron chi connectivity index (χ2n) is 7.01. The van der Waals surface area contributed by atoms with Gasteiger partial charge in [0.1, 0.15) is 11.6 Å². The summed E-state index contributed by atoms with van der Waals surface area (Å²) in [4.78, 5) is 28.7. The van der Waals surface area contributed by atoms with Crippen molar-refractivity contribution in [1.29, 1.82) is 0 Å². The highest BCUT2D eigenvalue weighted by Crippen LogP contribution is 2.29. The van der Waals surface area contributed by atoms with E-state index in [9.17, 15) is 9.59 Å². The van der Waals surface area contributed by atoms with Gasteiger partial charge in [-0.15, -0.1) is 11.6 Å². The summed E-state index contributed by atoms with van der Waals surface area (Å²) in [6, 6.07) is 14.4. The zero-order valence-corrected chi connectivity index (χ0v) is 17.7. The van der Waals surface area contributed by atoms with Gasteiger partial charge in [-0.3, -0.25) is 14.5 Å². The molecule has 5 nitrogen and oxygen atoms in total. The highest BCUT2D eigenvalue weighted by molar-refractivity contribution is 6.30. The van der Waals surface area contributed by atoms with Crippen molar-refractivity contribution in [3.05, 3.63) is 54.1 Å². The van der Waals surface area contributed by atoms with Gasteiger partial charge in [-0.1, -0.05) is 6.07 Å². The molecule has 2 rings (SSSR count). The Morgan fingerprint density at radius 3 is 2.07 bits per heavy atom. The van der Waals surface area contributed by atoms with E-state index in [4.69, 9.17) is 16.3 Å². The molecule has 0 aliphatic carbocycles. The third kappa shape index (κ3) is 4.84. The molecule has 0 saturated carbocycles. The monoisotopic (exact) mass is 402 g/mol. The average molecular weight is 403 g/mol. The minimum atomic E-state index is -0.264. The smallest absolute Gasteiger partial charge is 0.254 e. The van der Waals surface area contributed by atoms with Crippen LogP contribution in [0.25, 0.3) is 0 Å².